The monoisotopic (exact) mass is 285 g/mol. The maximum absolute atomic E-state index is 11.1. The highest BCUT2D eigenvalue weighted by atomic mass is 35.5. The molecule has 1 atom stereocenters. The quantitative estimate of drug-likeness (QED) is 0.771. The van der Waals surface area contributed by atoms with Crippen molar-refractivity contribution in [2.24, 2.45) is 0 Å². The van der Waals surface area contributed by atoms with E-state index in [1.165, 1.54) is 0 Å². The van der Waals surface area contributed by atoms with Crippen LogP contribution in [0, 0.1) is 0 Å². The summed E-state index contributed by atoms with van der Waals surface area (Å²) in [6, 6.07) is 5.42. The smallest absolute Gasteiger partial charge is 0.344 e. The van der Waals surface area contributed by atoms with Crippen LogP contribution >= 0.6 is 11.6 Å². The minimum absolute atomic E-state index is 0.442. The molecule has 0 radical (unpaired) electrons. The molecule has 2 N–H and O–H groups in total. The predicted octanol–water partition coefficient (Wildman–Crippen LogP) is 3.08. The van der Waals surface area contributed by atoms with Crippen molar-refractivity contribution in [3.63, 3.8) is 0 Å². The Morgan fingerprint density at radius 2 is 2.21 bits per heavy atom. The van der Waals surface area contributed by atoms with Crippen molar-refractivity contribution in [1.29, 1.82) is 0 Å². The number of ether oxygens (including phenoxy) is 1. The van der Waals surface area contributed by atoms with Gasteiger partial charge in [0.2, 0.25) is 0 Å². The number of para-hydroxylation sites is 1. The second-order valence-corrected chi connectivity index (χ2v) is 4.65. The maximum atomic E-state index is 11.1. The number of rotatable bonds is 8. The van der Waals surface area contributed by atoms with Crippen molar-refractivity contribution in [2.45, 2.75) is 39.3 Å². The lowest BCUT2D eigenvalue weighted by atomic mass is 10.1. The third-order valence-electron chi connectivity index (χ3n) is 2.70. The molecule has 0 saturated carbocycles. The topological polar surface area (TPSA) is 58.6 Å². The van der Waals surface area contributed by atoms with Crippen molar-refractivity contribution < 1.29 is 14.6 Å². The molecule has 1 rings (SSSR count). The van der Waals surface area contributed by atoms with Gasteiger partial charge in [0, 0.05) is 12.1 Å². The van der Waals surface area contributed by atoms with Gasteiger partial charge >= 0.3 is 5.97 Å². The normalized spacial score (nSPS) is 12.2. The predicted molar refractivity (Wildman–Crippen MR) is 75.8 cm³/mol. The Balaban J connectivity index is 2.93. The minimum Gasteiger partial charge on any atom is -0.479 e. The van der Waals surface area contributed by atoms with E-state index in [9.17, 15) is 4.79 Å². The summed E-state index contributed by atoms with van der Waals surface area (Å²) in [5, 5.41) is 12.8. The fourth-order valence-electron chi connectivity index (χ4n) is 1.72. The van der Waals surface area contributed by atoms with Crippen LogP contribution in [0.15, 0.2) is 18.2 Å². The van der Waals surface area contributed by atoms with E-state index >= 15 is 0 Å². The van der Waals surface area contributed by atoms with Gasteiger partial charge in [-0.3, -0.25) is 0 Å². The van der Waals surface area contributed by atoms with Crippen LogP contribution in [0.25, 0.3) is 0 Å². The van der Waals surface area contributed by atoms with Crippen LogP contribution in [-0.2, 0) is 11.3 Å². The summed E-state index contributed by atoms with van der Waals surface area (Å²) in [6.45, 7) is 5.35. The number of carboxylic acids is 1. The first-order valence-corrected chi connectivity index (χ1v) is 6.85. The molecule has 1 unspecified atom stereocenters. The molecule has 0 spiro atoms. The first-order chi connectivity index (χ1) is 9.10. The molecular formula is C14H20ClNO3. The molecule has 0 aromatic heterocycles. The fraction of sp³-hybridized carbons (Fsp3) is 0.500. The number of hydrogen-bond donors (Lipinski definition) is 2. The van der Waals surface area contributed by atoms with E-state index in [1.807, 2.05) is 26.0 Å². The van der Waals surface area contributed by atoms with Crippen LogP contribution in [0.5, 0.6) is 5.75 Å². The van der Waals surface area contributed by atoms with Crippen LogP contribution in [0.2, 0.25) is 5.02 Å². The summed E-state index contributed by atoms with van der Waals surface area (Å²) in [7, 11) is 0. The van der Waals surface area contributed by atoms with E-state index in [0.717, 1.165) is 18.5 Å². The second-order valence-electron chi connectivity index (χ2n) is 4.24. The van der Waals surface area contributed by atoms with Gasteiger partial charge in [-0.1, -0.05) is 44.0 Å². The molecule has 4 nitrogen and oxygen atoms in total. The average molecular weight is 286 g/mol. The zero-order valence-electron chi connectivity index (χ0n) is 11.3. The third-order valence-corrected chi connectivity index (χ3v) is 3.00. The molecule has 0 aliphatic rings. The van der Waals surface area contributed by atoms with E-state index in [0.29, 0.717) is 23.7 Å². The lowest BCUT2D eigenvalue weighted by molar-refractivity contribution is -0.145. The minimum atomic E-state index is -0.962. The maximum Gasteiger partial charge on any atom is 0.344 e. The van der Waals surface area contributed by atoms with E-state index in [1.54, 1.807) is 6.07 Å². The van der Waals surface area contributed by atoms with Gasteiger partial charge < -0.3 is 15.2 Å². The van der Waals surface area contributed by atoms with Crippen molar-refractivity contribution >= 4 is 17.6 Å². The van der Waals surface area contributed by atoms with E-state index in [2.05, 4.69) is 5.32 Å². The largest absolute Gasteiger partial charge is 0.479 e. The van der Waals surface area contributed by atoms with Crippen molar-refractivity contribution in [3.8, 4) is 5.75 Å². The molecule has 0 saturated heterocycles. The van der Waals surface area contributed by atoms with Crippen LogP contribution < -0.4 is 10.1 Å². The summed E-state index contributed by atoms with van der Waals surface area (Å²) < 4.78 is 5.60. The molecule has 5 heteroatoms. The lowest BCUT2D eigenvalue weighted by Gasteiger charge is -2.18. The number of carboxylic acid groups (broad SMARTS) is 1. The second kappa shape index (κ2) is 8.02. The van der Waals surface area contributed by atoms with Gasteiger partial charge in [0.25, 0.3) is 0 Å². The summed E-state index contributed by atoms with van der Waals surface area (Å²) >= 11 is 6.11. The Labute approximate surface area is 118 Å². The summed E-state index contributed by atoms with van der Waals surface area (Å²) in [5.41, 5.74) is 0.872. The van der Waals surface area contributed by atoms with Gasteiger partial charge in [0.05, 0.1) is 5.02 Å². The van der Waals surface area contributed by atoms with E-state index in [-0.39, 0.29) is 0 Å². The van der Waals surface area contributed by atoms with Gasteiger partial charge in [0.15, 0.2) is 6.10 Å². The molecule has 1 aromatic rings. The first-order valence-electron chi connectivity index (χ1n) is 6.47. The van der Waals surface area contributed by atoms with Crippen molar-refractivity contribution in [3.05, 3.63) is 28.8 Å². The number of aliphatic carboxylic acids is 1. The van der Waals surface area contributed by atoms with Crippen molar-refractivity contribution in [2.75, 3.05) is 6.54 Å². The van der Waals surface area contributed by atoms with Crippen LogP contribution in [0.1, 0.15) is 32.3 Å². The molecule has 0 heterocycles. The average Bonchev–Trinajstić information content (AvgIpc) is 2.38. The SMILES string of the molecule is CCCC(Oc1c(Cl)cccc1CNCC)C(=O)O. The molecule has 0 bridgehead atoms. The first kappa shape index (κ1) is 15.8. The highest BCUT2D eigenvalue weighted by Gasteiger charge is 2.21. The Kier molecular flexibility index (Phi) is 6.67. The van der Waals surface area contributed by atoms with E-state index < -0.39 is 12.1 Å². The Morgan fingerprint density at radius 1 is 1.47 bits per heavy atom. The standard InChI is InChI=1S/C14H20ClNO3/c1-3-6-12(14(17)18)19-13-10(9-16-4-2)7-5-8-11(13)15/h5,7-8,12,16H,3-4,6,9H2,1-2H3,(H,17,18). The van der Waals surface area contributed by atoms with Crippen LogP contribution in [0.3, 0.4) is 0 Å². The highest BCUT2D eigenvalue weighted by molar-refractivity contribution is 6.32. The van der Waals surface area contributed by atoms with Gasteiger partial charge in [0.1, 0.15) is 5.75 Å². The number of hydrogen-bond acceptors (Lipinski definition) is 3. The number of carbonyl (C=O) groups is 1. The molecule has 106 valence electrons. The van der Waals surface area contributed by atoms with Crippen LogP contribution in [-0.4, -0.2) is 23.7 Å². The lowest BCUT2D eigenvalue weighted by Crippen LogP contribution is -2.27. The Hall–Kier alpha value is -1.26. The molecule has 0 amide bonds. The van der Waals surface area contributed by atoms with Crippen molar-refractivity contribution in [1.82, 2.24) is 5.32 Å². The zero-order chi connectivity index (χ0) is 14.3. The van der Waals surface area contributed by atoms with E-state index in [4.69, 9.17) is 21.4 Å². The van der Waals surface area contributed by atoms with Gasteiger partial charge in [-0.15, -0.1) is 0 Å². The third kappa shape index (κ3) is 4.73. The van der Waals surface area contributed by atoms with Crippen LogP contribution in [0.4, 0.5) is 0 Å². The summed E-state index contributed by atoms with van der Waals surface area (Å²) in [4.78, 5) is 11.1. The van der Waals surface area contributed by atoms with Gasteiger partial charge in [-0.2, -0.15) is 0 Å². The fourth-order valence-corrected chi connectivity index (χ4v) is 1.96. The van der Waals surface area contributed by atoms with Gasteiger partial charge in [-0.25, -0.2) is 4.79 Å². The molecule has 0 fully saturated rings. The summed E-state index contributed by atoms with van der Waals surface area (Å²) in [6.07, 6.45) is 0.343. The Bertz CT molecular complexity index is 423. The molecule has 0 aliphatic carbocycles. The number of halogens is 1. The molecule has 0 aliphatic heterocycles. The summed E-state index contributed by atoms with van der Waals surface area (Å²) in [5.74, 6) is -0.498. The molecular weight excluding hydrogens is 266 g/mol. The highest BCUT2D eigenvalue weighted by Crippen LogP contribution is 2.30. The molecule has 1 aromatic carbocycles. The zero-order valence-corrected chi connectivity index (χ0v) is 12.0. The van der Waals surface area contributed by atoms with Gasteiger partial charge in [-0.05, 0) is 19.0 Å². The number of benzene rings is 1. The Morgan fingerprint density at radius 3 is 2.79 bits per heavy atom. The number of nitrogens with one attached hydrogen (secondary N) is 1. The molecule has 19 heavy (non-hydrogen) atoms.